The molecule has 0 radical (unpaired) electrons. The molecule has 3 aromatic carbocycles. The Labute approximate surface area is 241 Å². The molecule has 4 rings (SSSR count). The van der Waals surface area contributed by atoms with E-state index in [0.29, 0.717) is 23.1 Å². The van der Waals surface area contributed by atoms with Crippen molar-refractivity contribution in [3.05, 3.63) is 89.5 Å². The number of carbonyl (C=O) groups excluding carboxylic acids is 1. The molecule has 0 atom stereocenters. The number of nitrogens with one attached hydrogen (secondary N) is 2. The molecule has 3 aromatic rings. The van der Waals surface area contributed by atoms with Crippen LogP contribution in [0.25, 0.3) is 6.08 Å². The average molecular weight is 612 g/mol. The van der Waals surface area contributed by atoms with Gasteiger partial charge in [-0.15, -0.1) is 0 Å². The first-order chi connectivity index (χ1) is 19.4. The third-order valence-electron chi connectivity index (χ3n) is 5.85. The summed E-state index contributed by atoms with van der Waals surface area (Å²) in [6.45, 7) is 1.01. The van der Waals surface area contributed by atoms with Crippen LogP contribution in [0.5, 0.6) is 0 Å². The largest absolute Gasteiger partial charge is 0.418 e. The van der Waals surface area contributed by atoms with Gasteiger partial charge in [0.25, 0.3) is 0 Å². The van der Waals surface area contributed by atoms with Crippen LogP contribution < -0.4 is 10.6 Å². The molecule has 1 aliphatic rings. The summed E-state index contributed by atoms with van der Waals surface area (Å²) < 4.78 is 90.2. The fraction of sp³-hybridized carbons (Fsp3) is 0.214. The minimum absolute atomic E-state index is 0.219. The van der Waals surface area contributed by atoms with Crippen molar-refractivity contribution >= 4 is 52.5 Å². The molecule has 0 unspecified atom stereocenters. The summed E-state index contributed by atoms with van der Waals surface area (Å²) in [5.74, 6) is -0.614. The third-order valence-corrected chi connectivity index (χ3v) is 7.10. The predicted octanol–water partition coefficient (Wildman–Crippen LogP) is 7.56. The molecule has 1 saturated heterocycles. The molecule has 0 bridgehead atoms. The van der Waals surface area contributed by atoms with E-state index in [-0.39, 0.29) is 36.3 Å². The number of ether oxygens (including phenoxy) is 1. The fourth-order valence-electron chi connectivity index (χ4n) is 4.04. The van der Waals surface area contributed by atoms with Crippen molar-refractivity contribution < 1.29 is 35.9 Å². The highest BCUT2D eigenvalue weighted by Crippen LogP contribution is 2.48. The molecular formula is C28H23F6N3O2S2. The number of carbonyl (C=O) groups is 1. The first-order valence-electron chi connectivity index (χ1n) is 12.2. The van der Waals surface area contributed by atoms with Crippen LogP contribution in [0.4, 0.5) is 37.7 Å². The smallest absolute Gasteiger partial charge is 0.378 e. The normalized spacial score (nSPS) is 14.2. The summed E-state index contributed by atoms with van der Waals surface area (Å²) in [4.78, 5) is 13.4. The molecule has 2 N–H and O–H groups in total. The second kappa shape index (κ2) is 13.0. The maximum absolute atomic E-state index is 14.2. The van der Waals surface area contributed by atoms with Crippen LogP contribution in [0.2, 0.25) is 0 Å². The number of hydrogen-bond donors (Lipinski definition) is 2. The highest BCUT2D eigenvalue weighted by atomic mass is 32.2. The topological polar surface area (TPSA) is 53.6 Å². The predicted molar refractivity (Wildman–Crippen MR) is 150 cm³/mol. The lowest BCUT2D eigenvalue weighted by Crippen LogP contribution is -2.39. The van der Waals surface area contributed by atoms with E-state index < -0.39 is 39.8 Å². The van der Waals surface area contributed by atoms with Gasteiger partial charge in [0.1, 0.15) is 0 Å². The van der Waals surface area contributed by atoms with Crippen LogP contribution in [-0.4, -0.2) is 42.2 Å². The van der Waals surface area contributed by atoms with Gasteiger partial charge in [-0.3, -0.25) is 4.79 Å². The van der Waals surface area contributed by atoms with Crippen LogP contribution in [0.15, 0.2) is 82.6 Å². The SMILES string of the molecule is O=C(C=Cc1ccc(Sc2cccc(NC(=S)Nc3ccccc3)c2)c(C(F)(F)F)c1C(F)(F)F)N1CCOCC1. The summed E-state index contributed by atoms with van der Waals surface area (Å²) in [5.41, 5.74) is -3.30. The van der Waals surface area contributed by atoms with Crippen LogP contribution >= 0.6 is 24.0 Å². The molecule has 5 nitrogen and oxygen atoms in total. The van der Waals surface area contributed by atoms with Gasteiger partial charge in [0, 0.05) is 40.3 Å². The van der Waals surface area contributed by atoms with E-state index >= 15 is 0 Å². The van der Waals surface area contributed by atoms with E-state index in [1.807, 2.05) is 6.07 Å². The molecule has 1 aliphatic heterocycles. The second-order valence-electron chi connectivity index (χ2n) is 8.74. The number of para-hydroxylation sites is 1. The molecule has 13 heteroatoms. The van der Waals surface area contributed by atoms with Crippen molar-refractivity contribution in [2.24, 2.45) is 0 Å². The molecule has 0 aromatic heterocycles. The number of rotatable bonds is 6. The Morgan fingerprint density at radius 1 is 0.854 bits per heavy atom. The summed E-state index contributed by atoms with van der Waals surface area (Å²) in [6.07, 6.45) is -9.05. The summed E-state index contributed by atoms with van der Waals surface area (Å²) in [7, 11) is 0. The Hall–Kier alpha value is -3.55. The molecule has 1 heterocycles. The second-order valence-corrected chi connectivity index (χ2v) is 10.3. The molecule has 1 amide bonds. The maximum atomic E-state index is 14.2. The van der Waals surface area contributed by atoms with Gasteiger partial charge < -0.3 is 20.3 Å². The Morgan fingerprint density at radius 3 is 2.15 bits per heavy atom. The monoisotopic (exact) mass is 611 g/mol. The van der Waals surface area contributed by atoms with Crippen LogP contribution in [0.1, 0.15) is 16.7 Å². The van der Waals surface area contributed by atoms with Crippen LogP contribution in [-0.2, 0) is 21.9 Å². The van der Waals surface area contributed by atoms with Gasteiger partial charge >= 0.3 is 12.4 Å². The number of hydrogen-bond acceptors (Lipinski definition) is 4. The first-order valence-corrected chi connectivity index (χ1v) is 13.4. The zero-order valence-electron chi connectivity index (χ0n) is 21.2. The van der Waals surface area contributed by atoms with E-state index in [9.17, 15) is 31.1 Å². The maximum Gasteiger partial charge on any atom is 0.418 e. The Kier molecular flexibility index (Phi) is 9.61. The van der Waals surface area contributed by atoms with Crippen molar-refractivity contribution in [2.75, 3.05) is 36.9 Å². The highest BCUT2D eigenvalue weighted by molar-refractivity contribution is 7.99. The van der Waals surface area contributed by atoms with Gasteiger partial charge in [-0.25, -0.2) is 0 Å². The van der Waals surface area contributed by atoms with Crippen LogP contribution in [0, 0.1) is 0 Å². The summed E-state index contributed by atoms with van der Waals surface area (Å²) >= 11 is 5.81. The van der Waals surface area contributed by atoms with E-state index in [1.54, 1.807) is 36.4 Å². The number of halogens is 6. The van der Waals surface area contributed by atoms with Crippen molar-refractivity contribution in [1.82, 2.24) is 4.90 Å². The number of anilines is 2. The Bertz CT molecular complexity index is 1420. The lowest BCUT2D eigenvalue weighted by Gasteiger charge is -2.25. The molecular weight excluding hydrogens is 588 g/mol. The van der Waals surface area contributed by atoms with Crippen molar-refractivity contribution in [1.29, 1.82) is 0 Å². The lowest BCUT2D eigenvalue weighted by molar-refractivity contribution is -0.163. The quantitative estimate of drug-likeness (QED) is 0.171. The van der Waals surface area contributed by atoms with Gasteiger partial charge in [-0.2, -0.15) is 26.3 Å². The number of nitrogens with zero attached hydrogens (tertiary/aromatic N) is 1. The Morgan fingerprint density at radius 2 is 1.49 bits per heavy atom. The molecule has 0 spiro atoms. The van der Waals surface area contributed by atoms with Gasteiger partial charge in [-0.1, -0.05) is 42.1 Å². The van der Waals surface area contributed by atoms with E-state index in [4.69, 9.17) is 17.0 Å². The molecule has 216 valence electrons. The first kappa shape index (κ1) is 30.4. The minimum atomic E-state index is -5.35. The highest BCUT2D eigenvalue weighted by Gasteiger charge is 2.46. The standard InChI is InChI=1S/C28H23F6N3O2S2/c29-27(30,31)24-18(10-12-23(38)37-13-15-39-16-14-37)9-11-22(25(24)28(32,33)34)41-21-8-4-7-20(17-21)36-26(40)35-19-5-2-1-3-6-19/h1-12,17H,13-16H2,(H2,35,36,40). The van der Waals surface area contributed by atoms with Crippen molar-refractivity contribution in [3.63, 3.8) is 0 Å². The third kappa shape index (κ3) is 8.24. The van der Waals surface area contributed by atoms with Crippen LogP contribution in [0.3, 0.4) is 0 Å². The lowest BCUT2D eigenvalue weighted by atomic mass is 9.99. The van der Waals surface area contributed by atoms with Crippen molar-refractivity contribution in [2.45, 2.75) is 22.1 Å². The Balaban J connectivity index is 1.62. The van der Waals surface area contributed by atoms with E-state index in [0.717, 1.165) is 24.3 Å². The van der Waals surface area contributed by atoms with Gasteiger partial charge in [0.05, 0.1) is 24.3 Å². The van der Waals surface area contributed by atoms with Crippen molar-refractivity contribution in [3.8, 4) is 0 Å². The summed E-state index contributed by atoms with van der Waals surface area (Å²) in [6, 6.07) is 17.0. The zero-order chi connectivity index (χ0) is 29.6. The minimum Gasteiger partial charge on any atom is -0.378 e. The molecule has 1 fully saturated rings. The average Bonchev–Trinajstić information content (AvgIpc) is 2.92. The molecule has 41 heavy (non-hydrogen) atoms. The van der Waals surface area contributed by atoms with Gasteiger partial charge in [-0.05, 0) is 60.3 Å². The fourth-order valence-corrected chi connectivity index (χ4v) is 5.32. The molecule has 0 saturated carbocycles. The number of alkyl halides is 6. The zero-order valence-corrected chi connectivity index (χ0v) is 22.8. The number of morpholine rings is 1. The summed E-state index contributed by atoms with van der Waals surface area (Å²) in [5, 5.41) is 6.09. The number of amides is 1. The van der Waals surface area contributed by atoms with Gasteiger partial charge in [0.15, 0.2) is 5.11 Å². The van der Waals surface area contributed by atoms with E-state index in [1.165, 1.54) is 17.0 Å². The number of benzene rings is 3. The van der Waals surface area contributed by atoms with Gasteiger partial charge in [0.2, 0.25) is 5.91 Å². The molecule has 0 aliphatic carbocycles. The van der Waals surface area contributed by atoms with E-state index in [2.05, 4.69) is 10.6 Å². The number of thiocarbonyl (C=S) groups is 1.